The van der Waals surface area contributed by atoms with Crippen LogP contribution in [0.2, 0.25) is 0 Å². The molecule has 0 amide bonds. The van der Waals surface area contributed by atoms with Crippen LogP contribution in [0.4, 0.5) is 0 Å². The summed E-state index contributed by atoms with van der Waals surface area (Å²) in [6, 6.07) is 8.15. The first-order valence-electron chi connectivity index (χ1n) is 5.41. The molecule has 1 heterocycles. The van der Waals surface area contributed by atoms with E-state index in [9.17, 15) is 0 Å². The van der Waals surface area contributed by atoms with E-state index in [4.69, 9.17) is 4.74 Å². The van der Waals surface area contributed by atoms with Gasteiger partial charge in [-0.3, -0.25) is 4.98 Å². The highest BCUT2D eigenvalue weighted by Gasteiger charge is 1.99. The molecule has 0 aliphatic heterocycles. The number of pyridine rings is 1. The molecule has 0 aliphatic rings. The molecule has 1 aromatic heterocycles. The molecule has 0 atom stereocenters. The molecule has 3 heteroatoms. The van der Waals surface area contributed by atoms with E-state index in [1.165, 1.54) is 5.56 Å². The molecule has 0 fully saturated rings. The van der Waals surface area contributed by atoms with Crippen LogP contribution in [0, 0.1) is 0 Å². The number of fused-ring (bicyclic) bond motifs is 1. The summed E-state index contributed by atoms with van der Waals surface area (Å²) >= 11 is 3.43. The number of halogens is 1. The van der Waals surface area contributed by atoms with Gasteiger partial charge in [-0.1, -0.05) is 22.9 Å². The molecule has 0 saturated heterocycles. The van der Waals surface area contributed by atoms with Gasteiger partial charge in [0.15, 0.2) is 0 Å². The van der Waals surface area contributed by atoms with Crippen LogP contribution < -0.4 is 4.74 Å². The van der Waals surface area contributed by atoms with Crippen LogP contribution in [-0.4, -0.2) is 11.6 Å². The van der Waals surface area contributed by atoms with E-state index in [1.807, 2.05) is 24.4 Å². The van der Waals surface area contributed by atoms with Gasteiger partial charge in [0.2, 0.25) is 0 Å². The molecular weight excluding hydrogens is 266 g/mol. The SMILES string of the molecule is CCCOc1ccc2ncc(CBr)cc2c1. The molecule has 84 valence electrons. The second-order valence-electron chi connectivity index (χ2n) is 3.68. The number of aromatic nitrogens is 1. The Labute approximate surface area is 104 Å². The number of alkyl halides is 1. The predicted molar refractivity (Wildman–Crippen MR) is 70.2 cm³/mol. The van der Waals surface area contributed by atoms with Gasteiger partial charge in [0.05, 0.1) is 12.1 Å². The average Bonchev–Trinajstić information content (AvgIpc) is 2.35. The van der Waals surface area contributed by atoms with Crippen molar-refractivity contribution in [3.63, 3.8) is 0 Å². The van der Waals surface area contributed by atoms with Gasteiger partial charge in [-0.15, -0.1) is 0 Å². The number of ether oxygens (including phenoxy) is 1. The highest BCUT2D eigenvalue weighted by Crippen LogP contribution is 2.21. The Morgan fingerprint density at radius 1 is 1.31 bits per heavy atom. The third kappa shape index (κ3) is 2.53. The normalized spacial score (nSPS) is 10.6. The first-order chi connectivity index (χ1) is 7.83. The summed E-state index contributed by atoms with van der Waals surface area (Å²) in [6.07, 6.45) is 2.92. The zero-order valence-corrected chi connectivity index (χ0v) is 10.8. The molecule has 2 rings (SSSR count). The van der Waals surface area contributed by atoms with Crippen LogP contribution in [0.15, 0.2) is 30.5 Å². The summed E-state index contributed by atoms with van der Waals surface area (Å²) in [5.74, 6) is 0.919. The maximum Gasteiger partial charge on any atom is 0.120 e. The standard InChI is InChI=1S/C13H14BrNO/c1-2-5-16-12-3-4-13-11(7-12)6-10(8-14)9-15-13/h3-4,6-7,9H,2,5,8H2,1H3. The average molecular weight is 280 g/mol. The van der Waals surface area contributed by atoms with Crippen molar-refractivity contribution in [3.05, 3.63) is 36.0 Å². The van der Waals surface area contributed by atoms with Gasteiger partial charge in [0, 0.05) is 16.9 Å². The van der Waals surface area contributed by atoms with Crippen LogP contribution >= 0.6 is 15.9 Å². The van der Waals surface area contributed by atoms with Crippen molar-refractivity contribution in [2.24, 2.45) is 0 Å². The summed E-state index contributed by atoms with van der Waals surface area (Å²) in [4.78, 5) is 4.39. The van der Waals surface area contributed by atoms with Gasteiger partial charge in [-0.05, 0) is 36.2 Å². The van der Waals surface area contributed by atoms with Crippen LogP contribution in [-0.2, 0) is 5.33 Å². The van der Waals surface area contributed by atoms with Crippen LogP contribution in [0.5, 0.6) is 5.75 Å². The third-order valence-electron chi connectivity index (χ3n) is 2.34. The number of hydrogen-bond acceptors (Lipinski definition) is 2. The highest BCUT2D eigenvalue weighted by molar-refractivity contribution is 9.08. The molecule has 0 saturated carbocycles. The molecule has 2 aromatic rings. The van der Waals surface area contributed by atoms with Crippen molar-refractivity contribution in [2.75, 3.05) is 6.61 Å². The smallest absolute Gasteiger partial charge is 0.120 e. The van der Waals surface area contributed by atoms with E-state index < -0.39 is 0 Å². The molecule has 0 aliphatic carbocycles. The molecule has 0 spiro atoms. The van der Waals surface area contributed by atoms with Gasteiger partial charge in [0.1, 0.15) is 5.75 Å². The van der Waals surface area contributed by atoms with Crippen molar-refractivity contribution in [1.82, 2.24) is 4.98 Å². The Balaban J connectivity index is 2.35. The molecule has 16 heavy (non-hydrogen) atoms. The van der Waals surface area contributed by atoms with Gasteiger partial charge in [0.25, 0.3) is 0 Å². The van der Waals surface area contributed by atoms with Gasteiger partial charge < -0.3 is 4.74 Å². The summed E-state index contributed by atoms with van der Waals surface area (Å²) < 4.78 is 5.60. The molecule has 0 N–H and O–H groups in total. The van der Waals surface area contributed by atoms with Crippen LogP contribution in [0.3, 0.4) is 0 Å². The lowest BCUT2D eigenvalue weighted by atomic mass is 10.2. The van der Waals surface area contributed by atoms with E-state index in [2.05, 4.69) is 33.9 Å². The van der Waals surface area contributed by atoms with Gasteiger partial charge in [-0.2, -0.15) is 0 Å². The third-order valence-corrected chi connectivity index (χ3v) is 2.98. The molecule has 1 aromatic carbocycles. The van der Waals surface area contributed by atoms with Crippen molar-refractivity contribution < 1.29 is 4.74 Å². The second kappa shape index (κ2) is 5.30. The second-order valence-corrected chi connectivity index (χ2v) is 4.24. The topological polar surface area (TPSA) is 22.1 Å². The lowest BCUT2D eigenvalue weighted by Gasteiger charge is -2.06. The summed E-state index contributed by atoms with van der Waals surface area (Å²) in [6.45, 7) is 2.86. The first kappa shape index (κ1) is 11.4. The summed E-state index contributed by atoms with van der Waals surface area (Å²) in [7, 11) is 0. The zero-order chi connectivity index (χ0) is 11.4. The van der Waals surface area contributed by atoms with E-state index in [-0.39, 0.29) is 0 Å². The predicted octanol–water partition coefficient (Wildman–Crippen LogP) is 3.92. The van der Waals surface area contributed by atoms with E-state index in [0.717, 1.165) is 35.0 Å². The van der Waals surface area contributed by atoms with Crippen molar-refractivity contribution in [3.8, 4) is 5.75 Å². The lowest BCUT2D eigenvalue weighted by Crippen LogP contribution is -1.94. The minimum Gasteiger partial charge on any atom is -0.494 e. The van der Waals surface area contributed by atoms with Crippen LogP contribution in [0.1, 0.15) is 18.9 Å². The largest absolute Gasteiger partial charge is 0.494 e. The molecule has 0 unspecified atom stereocenters. The number of hydrogen-bond donors (Lipinski definition) is 0. The maximum absolute atomic E-state index is 5.60. The Morgan fingerprint density at radius 3 is 2.94 bits per heavy atom. The fourth-order valence-electron chi connectivity index (χ4n) is 1.54. The molecular formula is C13H14BrNO. The maximum atomic E-state index is 5.60. The molecule has 0 bridgehead atoms. The zero-order valence-electron chi connectivity index (χ0n) is 9.24. The Kier molecular flexibility index (Phi) is 3.78. The van der Waals surface area contributed by atoms with Crippen LogP contribution in [0.25, 0.3) is 10.9 Å². The quantitative estimate of drug-likeness (QED) is 0.792. The van der Waals surface area contributed by atoms with Gasteiger partial charge >= 0.3 is 0 Å². The molecule has 0 radical (unpaired) electrons. The Hall–Kier alpha value is -1.09. The highest BCUT2D eigenvalue weighted by atomic mass is 79.9. The van der Waals surface area contributed by atoms with E-state index in [0.29, 0.717) is 0 Å². The fourth-order valence-corrected chi connectivity index (χ4v) is 1.84. The summed E-state index contributed by atoms with van der Waals surface area (Å²) in [5, 5.41) is 1.96. The van der Waals surface area contributed by atoms with E-state index >= 15 is 0 Å². The Morgan fingerprint density at radius 2 is 2.19 bits per heavy atom. The van der Waals surface area contributed by atoms with Gasteiger partial charge in [-0.25, -0.2) is 0 Å². The van der Waals surface area contributed by atoms with Crippen molar-refractivity contribution >= 4 is 26.8 Å². The number of rotatable bonds is 4. The minimum atomic E-state index is 0.761. The van der Waals surface area contributed by atoms with Crippen molar-refractivity contribution in [1.29, 1.82) is 0 Å². The Bertz CT molecular complexity index is 484. The summed E-state index contributed by atoms with van der Waals surface area (Å²) in [5.41, 5.74) is 2.19. The van der Waals surface area contributed by atoms with E-state index in [1.54, 1.807) is 0 Å². The monoisotopic (exact) mass is 279 g/mol. The molecule has 2 nitrogen and oxygen atoms in total. The van der Waals surface area contributed by atoms with Crippen molar-refractivity contribution in [2.45, 2.75) is 18.7 Å². The lowest BCUT2D eigenvalue weighted by molar-refractivity contribution is 0.318. The minimum absolute atomic E-state index is 0.761. The first-order valence-corrected chi connectivity index (χ1v) is 6.53. The number of benzene rings is 1. The fraction of sp³-hybridized carbons (Fsp3) is 0.308. The number of nitrogens with zero attached hydrogens (tertiary/aromatic N) is 1.